The van der Waals surface area contributed by atoms with Gasteiger partial charge in [0.2, 0.25) is 0 Å². The van der Waals surface area contributed by atoms with Crippen LogP contribution in [0.5, 0.6) is 0 Å². The maximum absolute atomic E-state index is 12.4. The minimum atomic E-state index is -3.31. The third-order valence-corrected chi connectivity index (χ3v) is 4.64. The van der Waals surface area contributed by atoms with Crippen molar-refractivity contribution >= 4 is 19.2 Å². The van der Waals surface area contributed by atoms with Crippen molar-refractivity contribution in [2.24, 2.45) is 5.73 Å². The number of halogens is 1. The highest BCUT2D eigenvalue weighted by Gasteiger charge is 2.33. The molecule has 6 heteroatoms. The van der Waals surface area contributed by atoms with E-state index in [-0.39, 0.29) is 0 Å². The zero-order valence-electron chi connectivity index (χ0n) is 9.93. The molecule has 0 amide bonds. The SMILES string of the molecule is CCOP(=O)(OCC)[C@@H](N)c1ccc(Cl)cc1. The second-order valence-electron chi connectivity index (χ2n) is 3.37. The van der Waals surface area contributed by atoms with Gasteiger partial charge in [-0.2, -0.15) is 0 Å². The average molecular weight is 278 g/mol. The molecule has 0 aliphatic heterocycles. The number of hydrogen-bond acceptors (Lipinski definition) is 4. The molecule has 17 heavy (non-hydrogen) atoms. The van der Waals surface area contributed by atoms with Crippen molar-refractivity contribution in [3.05, 3.63) is 34.9 Å². The Morgan fingerprint density at radius 2 is 1.71 bits per heavy atom. The third-order valence-electron chi connectivity index (χ3n) is 2.17. The van der Waals surface area contributed by atoms with Crippen LogP contribution in [0.3, 0.4) is 0 Å². The summed E-state index contributed by atoms with van der Waals surface area (Å²) in [5.41, 5.74) is 6.62. The van der Waals surface area contributed by atoms with Crippen LogP contribution in [0.25, 0.3) is 0 Å². The molecule has 0 aliphatic carbocycles. The second-order valence-corrected chi connectivity index (χ2v) is 5.96. The Bertz CT molecular complexity index is 386. The van der Waals surface area contributed by atoms with Gasteiger partial charge in [-0.15, -0.1) is 0 Å². The Kier molecular flexibility index (Phi) is 5.63. The smallest absolute Gasteiger partial charge is 0.314 e. The van der Waals surface area contributed by atoms with Gasteiger partial charge in [0.15, 0.2) is 0 Å². The summed E-state index contributed by atoms with van der Waals surface area (Å²) >= 11 is 5.78. The Labute approximate surface area is 107 Å². The molecule has 0 aliphatic rings. The van der Waals surface area contributed by atoms with Gasteiger partial charge < -0.3 is 14.8 Å². The molecule has 0 saturated carbocycles. The summed E-state index contributed by atoms with van der Waals surface area (Å²) in [7, 11) is -3.31. The molecule has 0 fully saturated rings. The highest BCUT2D eigenvalue weighted by Crippen LogP contribution is 2.58. The Morgan fingerprint density at radius 1 is 1.24 bits per heavy atom. The fourth-order valence-electron chi connectivity index (χ4n) is 1.40. The van der Waals surface area contributed by atoms with Crippen molar-refractivity contribution in [1.82, 2.24) is 0 Å². The molecule has 1 rings (SSSR count). The van der Waals surface area contributed by atoms with Crippen LogP contribution in [0.15, 0.2) is 24.3 Å². The Balaban J connectivity index is 2.95. The van der Waals surface area contributed by atoms with Crippen LogP contribution in [0.4, 0.5) is 0 Å². The molecule has 1 atom stereocenters. The quantitative estimate of drug-likeness (QED) is 0.808. The summed E-state index contributed by atoms with van der Waals surface area (Å²) in [6.07, 6.45) is 0. The first kappa shape index (κ1) is 14.7. The lowest BCUT2D eigenvalue weighted by Crippen LogP contribution is -2.14. The summed E-state index contributed by atoms with van der Waals surface area (Å²) in [5, 5.41) is 0.601. The van der Waals surface area contributed by atoms with E-state index >= 15 is 0 Å². The molecule has 0 radical (unpaired) electrons. The predicted octanol–water partition coefficient (Wildman–Crippen LogP) is 3.56. The van der Waals surface area contributed by atoms with Crippen LogP contribution in [-0.2, 0) is 13.6 Å². The van der Waals surface area contributed by atoms with Gasteiger partial charge in [-0.05, 0) is 31.5 Å². The van der Waals surface area contributed by atoms with Crippen LogP contribution < -0.4 is 5.73 Å². The summed E-state index contributed by atoms with van der Waals surface area (Å²) in [6.45, 7) is 4.08. The maximum Gasteiger partial charge on any atom is 0.351 e. The van der Waals surface area contributed by atoms with Crippen molar-refractivity contribution in [3.8, 4) is 0 Å². The van der Waals surface area contributed by atoms with Gasteiger partial charge in [0, 0.05) is 5.02 Å². The Morgan fingerprint density at radius 3 is 2.12 bits per heavy atom. The van der Waals surface area contributed by atoms with E-state index in [1.54, 1.807) is 38.1 Å². The minimum Gasteiger partial charge on any atom is -0.314 e. The van der Waals surface area contributed by atoms with Gasteiger partial charge in [0.05, 0.1) is 13.2 Å². The molecular formula is C11H17ClNO3P. The van der Waals surface area contributed by atoms with Crippen LogP contribution in [0, 0.1) is 0 Å². The highest BCUT2D eigenvalue weighted by molar-refractivity contribution is 7.54. The lowest BCUT2D eigenvalue weighted by molar-refractivity contribution is 0.212. The van der Waals surface area contributed by atoms with Gasteiger partial charge in [-0.1, -0.05) is 23.7 Å². The largest absolute Gasteiger partial charge is 0.351 e. The van der Waals surface area contributed by atoms with Crippen LogP contribution in [0.1, 0.15) is 25.2 Å². The fourth-order valence-corrected chi connectivity index (χ4v) is 3.18. The number of hydrogen-bond donors (Lipinski definition) is 1. The molecule has 4 nitrogen and oxygen atoms in total. The molecule has 0 aromatic heterocycles. The molecule has 0 bridgehead atoms. The third kappa shape index (κ3) is 3.80. The van der Waals surface area contributed by atoms with Crippen LogP contribution in [-0.4, -0.2) is 13.2 Å². The summed E-state index contributed by atoms with van der Waals surface area (Å²) in [5.74, 6) is -0.792. The first-order valence-corrected chi connectivity index (χ1v) is 7.42. The van der Waals surface area contributed by atoms with Crippen LogP contribution >= 0.6 is 19.2 Å². The van der Waals surface area contributed by atoms with E-state index in [0.717, 1.165) is 0 Å². The lowest BCUT2D eigenvalue weighted by Gasteiger charge is -2.23. The zero-order chi connectivity index (χ0) is 12.9. The number of benzene rings is 1. The van der Waals surface area contributed by atoms with E-state index in [1.807, 2.05) is 0 Å². The summed E-state index contributed by atoms with van der Waals surface area (Å²) in [6, 6.07) is 6.83. The van der Waals surface area contributed by atoms with E-state index in [9.17, 15) is 4.57 Å². The standard InChI is InChI=1S/C11H17ClNO3P/c1-3-15-17(14,16-4-2)11(13)9-5-7-10(12)8-6-9/h5-8,11H,3-4,13H2,1-2H3/t11-/m1/s1. The average Bonchev–Trinajstić information content (AvgIpc) is 2.30. The van der Waals surface area contributed by atoms with E-state index in [1.165, 1.54) is 0 Å². The maximum atomic E-state index is 12.4. The number of nitrogens with two attached hydrogens (primary N) is 1. The van der Waals surface area contributed by atoms with Crippen molar-refractivity contribution < 1.29 is 13.6 Å². The van der Waals surface area contributed by atoms with Gasteiger partial charge in [-0.25, -0.2) is 0 Å². The highest BCUT2D eigenvalue weighted by atomic mass is 35.5. The lowest BCUT2D eigenvalue weighted by atomic mass is 10.2. The minimum absolute atomic E-state index is 0.290. The molecule has 0 unspecified atom stereocenters. The van der Waals surface area contributed by atoms with Crippen molar-refractivity contribution in [1.29, 1.82) is 0 Å². The molecule has 0 heterocycles. The summed E-state index contributed by atoms with van der Waals surface area (Å²) in [4.78, 5) is 0. The second kappa shape index (κ2) is 6.53. The van der Waals surface area contributed by atoms with E-state index in [4.69, 9.17) is 26.4 Å². The normalized spacial score (nSPS) is 13.6. The van der Waals surface area contributed by atoms with E-state index < -0.39 is 13.4 Å². The molecule has 0 spiro atoms. The zero-order valence-corrected chi connectivity index (χ0v) is 11.6. The van der Waals surface area contributed by atoms with Crippen LogP contribution in [0.2, 0.25) is 5.02 Å². The molecule has 1 aromatic carbocycles. The summed E-state index contributed by atoms with van der Waals surface area (Å²) < 4.78 is 22.8. The van der Waals surface area contributed by atoms with E-state index in [0.29, 0.717) is 23.8 Å². The van der Waals surface area contributed by atoms with Gasteiger partial charge in [0.1, 0.15) is 5.78 Å². The molecule has 96 valence electrons. The Hall–Kier alpha value is -0.380. The molecular weight excluding hydrogens is 261 g/mol. The van der Waals surface area contributed by atoms with Crippen molar-refractivity contribution in [2.45, 2.75) is 19.6 Å². The monoisotopic (exact) mass is 277 g/mol. The van der Waals surface area contributed by atoms with E-state index in [2.05, 4.69) is 0 Å². The predicted molar refractivity (Wildman–Crippen MR) is 69.2 cm³/mol. The first-order chi connectivity index (χ1) is 8.03. The van der Waals surface area contributed by atoms with Gasteiger partial charge in [-0.3, -0.25) is 4.57 Å². The molecule has 2 N–H and O–H groups in total. The van der Waals surface area contributed by atoms with Gasteiger partial charge >= 0.3 is 7.60 Å². The molecule has 1 aromatic rings. The first-order valence-electron chi connectivity index (χ1n) is 5.43. The fraction of sp³-hybridized carbons (Fsp3) is 0.455. The van der Waals surface area contributed by atoms with Gasteiger partial charge in [0.25, 0.3) is 0 Å². The topological polar surface area (TPSA) is 61.5 Å². The van der Waals surface area contributed by atoms with Crippen molar-refractivity contribution in [2.75, 3.05) is 13.2 Å². The number of rotatable bonds is 6. The molecule has 0 saturated heterocycles. The van der Waals surface area contributed by atoms with Crippen molar-refractivity contribution in [3.63, 3.8) is 0 Å².